The Hall–Kier alpha value is -1.22. The number of nitrogens with zero attached hydrogens (tertiary/aromatic N) is 2. The first-order valence-corrected chi connectivity index (χ1v) is 6.78. The molecule has 116 valence electrons. The Kier molecular flexibility index (Phi) is 7.45. The summed E-state index contributed by atoms with van der Waals surface area (Å²) in [6.45, 7) is 4.97. The fraction of sp³-hybridized carbons (Fsp3) is 0.833. The van der Waals surface area contributed by atoms with Crippen molar-refractivity contribution in [2.24, 2.45) is 0 Å². The zero-order valence-corrected chi connectivity index (χ0v) is 11.8. The minimum Gasteiger partial charge on any atom is -0.548 e. The lowest BCUT2D eigenvalue weighted by Gasteiger charge is -2.33. The fourth-order valence-electron chi connectivity index (χ4n) is 2.11. The van der Waals surface area contributed by atoms with Gasteiger partial charge in [-0.15, -0.1) is 0 Å². The summed E-state index contributed by atoms with van der Waals surface area (Å²) in [5.41, 5.74) is 0. The molecule has 1 heterocycles. The molecule has 0 radical (unpaired) electrons. The SMILES string of the molecule is CN1CCNCCN(C(C(=O)[O-])C(=O)[O-])CCNCC1. The fourth-order valence-corrected chi connectivity index (χ4v) is 2.11. The number of aliphatic carboxylic acids is 2. The predicted molar refractivity (Wildman–Crippen MR) is 68.6 cm³/mol. The van der Waals surface area contributed by atoms with Crippen LogP contribution < -0.4 is 20.8 Å². The van der Waals surface area contributed by atoms with Gasteiger partial charge in [0.25, 0.3) is 0 Å². The van der Waals surface area contributed by atoms with E-state index in [1.807, 2.05) is 7.05 Å². The zero-order chi connectivity index (χ0) is 15.0. The number of hydrogen-bond donors (Lipinski definition) is 2. The number of carbonyl (C=O) groups is 2. The molecule has 8 nitrogen and oxygen atoms in total. The number of nitrogens with one attached hydrogen (secondary N) is 2. The monoisotopic (exact) mass is 286 g/mol. The average Bonchev–Trinajstić information content (AvgIpc) is 2.34. The number of carbonyl (C=O) groups excluding carboxylic acids is 2. The second-order valence-electron chi connectivity index (χ2n) is 4.88. The summed E-state index contributed by atoms with van der Waals surface area (Å²) in [5.74, 6) is -3.26. The largest absolute Gasteiger partial charge is 0.548 e. The van der Waals surface area contributed by atoms with Crippen LogP contribution in [0.1, 0.15) is 0 Å². The first kappa shape index (κ1) is 16.8. The van der Waals surface area contributed by atoms with Gasteiger partial charge in [0.05, 0.1) is 18.0 Å². The van der Waals surface area contributed by atoms with Gasteiger partial charge in [0.2, 0.25) is 0 Å². The highest BCUT2D eigenvalue weighted by atomic mass is 16.4. The number of carboxylic acids is 2. The van der Waals surface area contributed by atoms with Crippen LogP contribution in [0.4, 0.5) is 0 Å². The van der Waals surface area contributed by atoms with E-state index >= 15 is 0 Å². The molecule has 1 saturated heterocycles. The first-order valence-electron chi connectivity index (χ1n) is 6.78. The minimum atomic E-state index is -1.70. The summed E-state index contributed by atoms with van der Waals surface area (Å²) in [4.78, 5) is 25.4. The van der Waals surface area contributed by atoms with Crippen LogP contribution >= 0.6 is 0 Å². The summed E-state index contributed by atoms with van der Waals surface area (Å²) in [7, 11) is 2.03. The van der Waals surface area contributed by atoms with Crippen LogP contribution in [0.3, 0.4) is 0 Å². The molecule has 0 amide bonds. The lowest BCUT2D eigenvalue weighted by atomic mass is 10.2. The van der Waals surface area contributed by atoms with Crippen LogP contribution in [-0.4, -0.2) is 87.2 Å². The van der Waals surface area contributed by atoms with Crippen LogP contribution in [0.2, 0.25) is 0 Å². The van der Waals surface area contributed by atoms with Crippen molar-refractivity contribution in [1.82, 2.24) is 20.4 Å². The van der Waals surface area contributed by atoms with Crippen LogP contribution in [-0.2, 0) is 9.59 Å². The van der Waals surface area contributed by atoms with Gasteiger partial charge in [-0.2, -0.15) is 0 Å². The first-order chi connectivity index (χ1) is 9.52. The van der Waals surface area contributed by atoms with Crippen molar-refractivity contribution in [3.63, 3.8) is 0 Å². The van der Waals surface area contributed by atoms with E-state index in [4.69, 9.17) is 0 Å². The van der Waals surface area contributed by atoms with Crippen molar-refractivity contribution in [3.05, 3.63) is 0 Å². The number of rotatable bonds is 3. The van der Waals surface area contributed by atoms with E-state index in [-0.39, 0.29) is 0 Å². The Labute approximate surface area is 118 Å². The van der Waals surface area contributed by atoms with Gasteiger partial charge in [-0.1, -0.05) is 0 Å². The van der Waals surface area contributed by atoms with Crippen molar-refractivity contribution in [2.45, 2.75) is 6.04 Å². The lowest BCUT2D eigenvalue weighted by Crippen LogP contribution is -2.59. The average molecular weight is 286 g/mol. The Morgan fingerprint density at radius 2 is 1.30 bits per heavy atom. The van der Waals surface area contributed by atoms with Gasteiger partial charge in [0.15, 0.2) is 0 Å². The second kappa shape index (κ2) is 8.85. The third-order valence-corrected chi connectivity index (χ3v) is 3.30. The van der Waals surface area contributed by atoms with Crippen molar-refractivity contribution in [3.8, 4) is 0 Å². The Balaban J connectivity index is 2.59. The highest BCUT2D eigenvalue weighted by Crippen LogP contribution is 1.98. The van der Waals surface area contributed by atoms with E-state index in [1.54, 1.807) is 0 Å². The molecule has 0 aliphatic carbocycles. The maximum Gasteiger partial charge on any atom is 0.0896 e. The minimum absolute atomic E-state index is 0.317. The second-order valence-corrected chi connectivity index (χ2v) is 4.88. The standard InChI is InChI=1S/C12H24N4O4/c1-15-6-2-13-4-8-16(9-5-14-3-7-15)10(11(17)18)12(19)20/h10,13-14H,2-9H2,1H3,(H,17,18)(H,19,20)/p-2. The quantitative estimate of drug-likeness (QED) is 0.498. The molecule has 0 aromatic heterocycles. The molecule has 0 bridgehead atoms. The molecular formula is C12H22N4O4-2. The van der Waals surface area contributed by atoms with E-state index in [1.165, 1.54) is 4.90 Å². The molecular weight excluding hydrogens is 264 g/mol. The molecule has 0 atom stereocenters. The van der Waals surface area contributed by atoms with Crippen LogP contribution in [0.25, 0.3) is 0 Å². The molecule has 1 rings (SSSR count). The Bertz CT molecular complexity index is 299. The molecule has 0 aromatic carbocycles. The van der Waals surface area contributed by atoms with Gasteiger partial charge >= 0.3 is 0 Å². The summed E-state index contributed by atoms with van der Waals surface area (Å²) in [5, 5.41) is 28.2. The highest BCUT2D eigenvalue weighted by molar-refractivity contribution is 5.95. The van der Waals surface area contributed by atoms with Gasteiger partial charge < -0.3 is 35.3 Å². The maximum absolute atomic E-state index is 10.9. The Morgan fingerprint density at radius 3 is 1.70 bits per heavy atom. The zero-order valence-electron chi connectivity index (χ0n) is 11.8. The molecule has 8 heteroatoms. The van der Waals surface area contributed by atoms with Crippen LogP contribution in [0.5, 0.6) is 0 Å². The molecule has 0 aromatic rings. The molecule has 0 spiro atoms. The normalized spacial score (nSPS) is 21.1. The van der Waals surface area contributed by atoms with Gasteiger partial charge in [-0.05, 0) is 7.05 Å². The van der Waals surface area contributed by atoms with E-state index in [0.717, 1.165) is 26.2 Å². The molecule has 1 aliphatic heterocycles. The van der Waals surface area contributed by atoms with Crippen molar-refractivity contribution < 1.29 is 19.8 Å². The predicted octanol–water partition coefficient (Wildman–Crippen LogP) is -4.72. The van der Waals surface area contributed by atoms with Crippen molar-refractivity contribution >= 4 is 11.9 Å². The summed E-state index contributed by atoms with van der Waals surface area (Å²) in [6, 6.07) is -1.70. The molecule has 2 N–H and O–H groups in total. The van der Waals surface area contributed by atoms with Gasteiger partial charge in [-0.25, -0.2) is 0 Å². The van der Waals surface area contributed by atoms with Gasteiger partial charge in [0, 0.05) is 52.4 Å². The summed E-state index contributed by atoms with van der Waals surface area (Å²) < 4.78 is 0. The van der Waals surface area contributed by atoms with Crippen molar-refractivity contribution in [1.29, 1.82) is 0 Å². The number of carboxylic acid groups (broad SMARTS) is 2. The van der Waals surface area contributed by atoms with Gasteiger partial charge in [-0.3, -0.25) is 4.90 Å². The molecule has 0 saturated carbocycles. The van der Waals surface area contributed by atoms with E-state index in [0.29, 0.717) is 26.2 Å². The maximum atomic E-state index is 10.9. The number of hydrogen-bond acceptors (Lipinski definition) is 8. The molecule has 0 unspecified atom stereocenters. The topological polar surface area (TPSA) is 111 Å². The van der Waals surface area contributed by atoms with E-state index < -0.39 is 18.0 Å². The smallest absolute Gasteiger partial charge is 0.0896 e. The highest BCUT2D eigenvalue weighted by Gasteiger charge is 2.20. The van der Waals surface area contributed by atoms with E-state index in [2.05, 4.69) is 15.5 Å². The third kappa shape index (κ3) is 5.83. The summed E-state index contributed by atoms with van der Waals surface area (Å²) in [6.07, 6.45) is 0. The summed E-state index contributed by atoms with van der Waals surface area (Å²) >= 11 is 0. The van der Waals surface area contributed by atoms with Crippen LogP contribution in [0.15, 0.2) is 0 Å². The Morgan fingerprint density at radius 1 is 0.900 bits per heavy atom. The van der Waals surface area contributed by atoms with Crippen molar-refractivity contribution in [2.75, 3.05) is 59.4 Å². The van der Waals surface area contributed by atoms with Gasteiger partial charge in [0.1, 0.15) is 0 Å². The lowest BCUT2D eigenvalue weighted by molar-refractivity contribution is -0.331. The van der Waals surface area contributed by atoms with Crippen LogP contribution in [0, 0.1) is 0 Å². The van der Waals surface area contributed by atoms with E-state index in [9.17, 15) is 19.8 Å². The molecule has 1 fully saturated rings. The third-order valence-electron chi connectivity index (χ3n) is 3.30. The molecule has 20 heavy (non-hydrogen) atoms. The number of likely N-dealkylation sites (N-methyl/N-ethyl adjacent to an activating group) is 1. The molecule has 1 aliphatic rings.